The van der Waals surface area contributed by atoms with Gasteiger partial charge in [0.1, 0.15) is 6.61 Å². The number of hydrogen-bond donors (Lipinski definition) is 0. The van der Waals surface area contributed by atoms with Crippen molar-refractivity contribution in [3.05, 3.63) is 18.5 Å². The van der Waals surface area contributed by atoms with Crippen LogP contribution in [0.25, 0.3) is 0 Å². The quantitative estimate of drug-likeness (QED) is 0.652. The normalized spacial score (nSPS) is 10.4. The predicted molar refractivity (Wildman–Crippen MR) is 39.5 cm³/mol. The topological polar surface area (TPSA) is 44.2 Å². The summed E-state index contributed by atoms with van der Waals surface area (Å²) in [6, 6.07) is 1.78. The molecular weight excluding hydrogens is 182 g/mol. The summed E-state index contributed by atoms with van der Waals surface area (Å²) in [7, 11) is 0. The number of rotatable bonds is 5. The van der Waals surface area contributed by atoms with Crippen LogP contribution in [-0.4, -0.2) is 29.8 Å². The third-order valence-corrected chi connectivity index (χ3v) is 1.10. The maximum Gasteiger partial charge on any atom is 0.345 e. The van der Waals surface area contributed by atoms with Crippen LogP contribution >= 0.6 is 0 Å². The lowest BCUT2D eigenvalue weighted by molar-refractivity contribution is -0.133. The SMILES string of the molecule is FC(F)OCCOc1ncccn1. The van der Waals surface area contributed by atoms with Gasteiger partial charge in [0, 0.05) is 12.4 Å². The molecule has 1 heterocycles. The Balaban J connectivity index is 2.13. The van der Waals surface area contributed by atoms with Crippen LogP contribution in [0.1, 0.15) is 0 Å². The van der Waals surface area contributed by atoms with Crippen molar-refractivity contribution < 1.29 is 18.3 Å². The van der Waals surface area contributed by atoms with Gasteiger partial charge in [0.05, 0.1) is 6.61 Å². The average molecular weight is 190 g/mol. The molecule has 1 aromatic rings. The molecule has 0 fully saturated rings. The number of ether oxygens (including phenoxy) is 2. The van der Waals surface area contributed by atoms with Crippen molar-refractivity contribution in [1.82, 2.24) is 9.97 Å². The van der Waals surface area contributed by atoms with Crippen LogP contribution in [0.3, 0.4) is 0 Å². The van der Waals surface area contributed by atoms with E-state index in [0.717, 1.165) is 0 Å². The molecule has 0 radical (unpaired) electrons. The maximum atomic E-state index is 11.5. The summed E-state index contributed by atoms with van der Waals surface area (Å²) < 4.78 is 31.7. The van der Waals surface area contributed by atoms with Gasteiger partial charge in [0.15, 0.2) is 0 Å². The lowest BCUT2D eigenvalue weighted by Crippen LogP contribution is -2.10. The van der Waals surface area contributed by atoms with Crippen molar-refractivity contribution in [2.24, 2.45) is 0 Å². The molecule has 0 aliphatic heterocycles. The lowest BCUT2D eigenvalue weighted by atomic mass is 10.7. The van der Waals surface area contributed by atoms with E-state index in [9.17, 15) is 8.78 Å². The van der Waals surface area contributed by atoms with Gasteiger partial charge in [-0.25, -0.2) is 9.97 Å². The largest absolute Gasteiger partial charge is 0.461 e. The highest BCUT2D eigenvalue weighted by atomic mass is 19.3. The van der Waals surface area contributed by atoms with Gasteiger partial charge in [-0.3, -0.25) is 0 Å². The van der Waals surface area contributed by atoms with E-state index >= 15 is 0 Å². The Labute approximate surface area is 73.5 Å². The first-order valence-electron chi connectivity index (χ1n) is 3.58. The first kappa shape index (κ1) is 9.79. The molecular formula is C7H8F2N2O2. The molecule has 13 heavy (non-hydrogen) atoms. The minimum absolute atomic E-state index is 0.00829. The van der Waals surface area contributed by atoms with Crippen molar-refractivity contribution in [2.45, 2.75) is 6.61 Å². The lowest BCUT2D eigenvalue weighted by Gasteiger charge is -2.03. The van der Waals surface area contributed by atoms with Crippen molar-refractivity contribution >= 4 is 0 Å². The smallest absolute Gasteiger partial charge is 0.345 e. The molecule has 0 unspecified atom stereocenters. The molecule has 1 rings (SSSR count). The van der Waals surface area contributed by atoms with Gasteiger partial charge in [0.2, 0.25) is 0 Å². The molecule has 0 spiro atoms. The van der Waals surface area contributed by atoms with Gasteiger partial charge in [-0.1, -0.05) is 0 Å². The first-order valence-corrected chi connectivity index (χ1v) is 3.58. The third-order valence-electron chi connectivity index (χ3n) is 1.10. The summed E-state index contributed by atoms with van der Waals surface area (Å²) in [6.45, 7) is -2.94. The summed E-state index contributed by atoms with van der Waals surface area (Å²) in [5, 5.41) is 0. The standard InChI is InChI=1S/C7H8F2N2O2/c8-6(9)12-4-5-13-7-10-2-1-3-11-7/h1-3,6H,4-5H2. The average Bonchev–Trinajstić information content (AvgIpc) is 2.14. The van der Waals surface area contributed by atoms with Crippen LogP contribution in [0.15, 0.2) is 18.5 Å². The Morgan fingerprint density at radius 1 is 1.23 bits per heavy atom. The minimum Gasteiger partial charge on any atom is -0.461 e. The summed E-state index contributed by atoms with van der Waals surface area (Å²) in [6.07, 6.45) is 2.99. The van der Waals surface area contributed by atoms with Crippen LogP contribution in [0.2, 0.25) is 0 Å². The van der Waals surface area contributed by atoms with Crippen molar-refractivity contribution in [1.29, 1.82) is 0 Å². The summed E-state index contributed by atoms with van der Waals surface area (Å²) >= 11 is 0. The van der Waals surface area contributed by atoms with Crippen molar-refractivity contribution in [3.8, 4) is 6.01 Å². The van der Waals surface area contributed by atoms with E-state index < -0.39 is 6.61 Å². The molecule has 4 nitrogen and oxygen atoms in total. The number of aromatic nitrogens is 2. The van der Waals surface area contributed by atoms with Crippen molar-refractivity contribution in [3.63, 3.8) is 0 Å². The fourth-order valence-electron chi connectivity index (χ4n) is 0.630. The van der Waals surface area contributed by atoms with Gasteiger partial charge < -0.3 is 9.47 Å². The molecule has 0 saturated carbocycles. The van der Waals surface area contributed by atoms with Gasteiger partial charge in [0.25, 0.3) is 0 Å². The molecule has 0 aliphatic rings. The first-order chi connectivity index (χ1) is 6.29. The minimum atomic E-state index is -2.76. The monoisotopic (exact) mass is 190 g/mol. The van der Waals surface area contributed by atoms with E-state index in [4.69, 9.17) is 4.74 Å². The zero-order valence-corrected chi connectivity index (χ0v) is 6.69. The van der Waals surface area contributed by atoms with E-state index in [-0.39, 0.29) is 19.2 Å². The molecule has 0 amide bonds. The predicted octanol–water partition coefficient (Wildman–Crippen LogP) is 1.09. The Morgan fingerprint density at radius 2 is 1.92 bits per heavy atom. The number of hydrogen-bond acceptors (Lipinski definition) is 4. The fraction of sp³-hybridized carbons (Fsp3) is 0.429. The summed E-state index contributed by atoms with van der Waals surface area (Å²) in [5.74, 6) is 0. The molecule has 1 aromatic heterocycles. The molecule has 0 atom stereocenters. The highest BCUT2D eigenvalue weighted by Crippen LogP contribution is 1.98. The van der Waals surface area contributed by atoms with Gasteiger partial charge in [-0.05, 0) is 6.07 Å². The Bertz CT molecular complexity index is 233. The molecule has 0 aliphatic carbocycles. The molecule has 0 saturated heterocycles. The van der Waals surface area contributed by atoms with Gasteiger partial charge >= 0.3 is 12.6 Å². The number of nitrogens with zero attached hydrogens (tertiary/aromatic N) is 2. The second kappa shape index (κ2) is 5.36. The fourth-order valence-corrected chi connectivity index (χ4v) is 0.630. The van der Waals surface area contributed by atoms with Crippen LogP contribution in [0.5, 0.6) is 6.01 Å². The second-order valence-corrected chi connectivity index (χ2v) is 2.01. The highest BCUT2D eigenvalue weighted by molar-refractivity contribution is 4.92. The molecule has 6 heteroatoms. The number of halogens is 2. The van der Waals surface area contributed by atoms with Gasteiger partial charge in [-0.15, -0.1) is 0 Å². The Hall–Kier alpha value is -1.30. The van der Waals surface area contributed by atoms with E-state index in [1.54, 1.807) is 6.07 Å². The number of alkyl halides is 2. The van der Waals surface area contributed by atoms with Crippen LogP contribution in [0, 0.1) is 0 Å². The second-order valence-electron chi connectivity index (χ2n) is 2.01. The summed E-state index contributed by atoms with van der Waals surface area (Å²) in [5.41, 5.74) is 0. The highest BCUT2D eigenvalue weighted by Gasteiger charge is 2.01. The third kappa shape index (κ3) is 4.32. The zero-order chi connectivity index (χ0) is 9.52. The molecule has 0 bridgehead atoms. The van der Waals surface area contributed by atoms with Crippen LogP contribution in [-0.2, 0) is 4.74 Å². The van der Waals surface area contributed by atoms with E-state index in [1.165, 1.54) is 12.4 Å². The van der Waals surface area contributed by atoms with Gasteiger partial charge in [-0.2, -0.15) is 8.78 Å². The molecule has 0 N–H and O–H groups in total. The Morgan fingerprint density at radius 3 is 2.54 bits per heavy atom. The van der Waals surface area contributed by atoms with Crippen LogP contribution in [0.4, 0.5) is 8.78 Å². The van der Waals surface area contributed by atoms with E-state index in [0.29, 0.717) is 0 Å². The Kier molecular flexibility index (Phi) is 4.04. The van der Waals surface area contributed by atoms with E-state index in [2.05, 4.69) is 14.7 Å². The molecule has 72 valence electrons. The van der Waals surface area contributed by atoms with E-state index in [1.807, 2.05) is 0 Å². The summed E-state index contributed by atoms with van der Waals surface area (Å²) in [4.78, 5) is 7.44. The molecule has 0 aromatic carbocycles. The van der Waals surface area contributed by atoms with Crippen molar-refractivity contribution in [2.75, 3.05) is 13.2 Å². The van der Waals surface area contributed by atoms with Crippen LogP contribution < -0.4 is 4.74 Å². The maximum absolute atomic E-state index is 11.5. The zero-order valence-electron chi connectivity index (χ0n) is 6.69.